The molecule has 88 valence electrons. The first-order valence-corrected chi connectivity index (χ1v) is 5.23. The van der Waals surface area contributed by atoms with Gasteiger partial charge < -0.3 is 4.74 Å². The van der Waals surface area contributed by atoms with Gasteiger partial charge in [-0.05, 0) is 30.9 Å². The zero-order valence-corrected chi connectivity index (χ0v) is 8.84. The number of pyridine rings is 1. The number of ether oxygens (including phenoxy) is 1. The van der Waals surface area contributed by atoms with Crippen LogP contribution in [-0.2, 0) is 12.6 Å². The second-order valence-corrected chi connectivity index (χ2v) is 3.85. The molecule has 0 amide bonds. The summed E-state index contributed by atoms with van der Waals surface area (Å²) in [4.78, 5) is 3.45. The molecule has 1 fully saturated rings. The smallest absolute Gasteiger partial charge is 0.433 e. The van der Waals surface area contributed by atoms with Crippen molar-refractivity contribution in [2.75, 3.05) is 0 Å². The number of aryl methyl sites for hydroxylation is 1. The van der Waals surface area contributed by atoms with Crippen molar-refractivity contribution in [3.05, 3.63) is 23.5 Å². The lowest BCUT2D eigenvalue weighted by molar-refractivity contribution is -0.141. The minimum absolute atomic E-state index is 0.170. The van der Waals surface area contributed by atoms with Crippen molar-refractivity contribution in [3.8, 4) is 5.75 Å². The van der Waals surface area contributed by atoms with Crippen molar-refractivity contribution in [3.63, 3.8) is 0 Å². The summed E-state index contributed by atoms with van der Waals surface area (Å²) in [6.45, 7) is 1.67. The molecule has 2 rings (SSSR count). The molecule has 16 heavy (non-hydrogen) atoms. The summed E-state index contributed by atoms with van der Waals surface area (Å²) >= 11 is 0. The molecule has 1 aromatic rings. The van der Waals surface area contributed by atoms with Crippen LogP contribution in [0.25, 0.3) is 0 Å². The summed E-state index contributed by atoms with van der Waals surface area (Å²) in [5.41, 5.74) is -0.621. The Kier molecular flexibility index (Phi) is 2.78. The molecule has 0 N–H and O–H groups in total. The van der Waals surface area contributed by atoms with Crippen LogP contribution < -0.4 is 4.74 Å². The minimum Gasteiger partial charge on any atom is -0.489 e. The highest BCUT2D eigenvalue weighted by Crippen LogP contribution is 2.33. The van der Waals surface area contributed by atoms with E-state index in [0.29, 0.717) is 12.2 Å². The van der Waals surface area contributed by atoms with Crippen LogP contribution in [-0.4, -0.2) is 11.1 Å². The summed E-state index contributed by atoms with van der Waals surface area (Å²) in [5, 5.41) is 0. The Morgan fingerprint density at radius 3 is 2.62 bits per heavy atom. The number of alkyl halides is 3. The highest BCUT2D eigenvalue weighted by Gasteiger charge is 2.35. The van der Waals surface area contributed by atoms with Gasteiger partial charge in [-0.1, -0.05) is 6.92 Å². The SMILES string of the molecule is CCc1cc(OC2CC2)cnc1C(F)(F)F. The van der Waals surface area contributed by atoms with Gasteiger partial charge in [0.25, 0.3) is 0 Å². The predicted octanol–water partition coefficient (Wildman–Crippen LogP) is 3.20. The van der Waals surface area contributed by atoms with Gasteiger partial charge in [-0.15, -0.1) is 0 Å². The molecule has 2 nitrogen and oxygen atoms in total. The van der Waals surface area contributed by atoms with E-state index in [1.807, 2.05) is 0 Å². The first-order valence-electron chi connectivity index (χ1n) is 5.23. The van der Waals surface area contributed by atoms with Gasteiger partial charge in [-0.2, -0.15) is 13.2 Å². The molecule has 0 atom stereocenters. The third-order valence-electron chi connectivity index (χ3n) is 2.42. The molecule has 1 aromatic heterocycles. The quantitative estimate of drug-likeness (QED) is 0.796. The normalized spacial score (nSPS) is 16.2. The molecule has 0 aromatic carbocycles. The van der Waals surface area contributed by atoms with Gasteiger partial charge in [-0.3, -0.25) is 0 Å². The van der Waals surface area contributed by atoms with Crippen LogP contribution in [0.3, 0.4) is 0 Å². The van der Waals surface area contributed by atoms with E-state index < -0.39 is 11.9 Å². The number of aromatic nitrogens is 1. The first-order chi connectivity index (χ1) is 7.50. The molecule has 0 bridgehead atoms. The monoisotopic (exact) mass is 231 g/mol. The Morgan fingerprint density at radius 2 is 2.12 bits per heavy atom. The highest BCUT2D eigenvalue weighted by atomic mass is 19.4. The van der Waals surface area contributed by atoms with Crippen molar-refractivity contribution < 1.29 is 17.9 Å². The van der Waals surface area contributed by atoms with Crippen LogP contribution in [0.5, 0.6) is 5.75 Å². The van der Waals surface area contributed by atoms with Crippen molar-refractivity contribution in [2.45, 2.75) is 38.5 Å². The number of hydrogen-bond acceptors (Lipinski definition) is 2. The van der Waals surface area contributed by atoms with Crippen LogP contribution in [0.15, 0.2) is 12.3 Å². The molecule has 1 aliphatic carbocycles. The Bertz CT molecular complexity index is 385. The van der Waals surface area contributed by atoms with Crippen LogP contribution in [0.2, 0.25) is 0 Å². The lowest BCUT2D eigenvalue weighted by atomic mass is 10.1. The van der Waals surface area contributed by atoms with Gasteiger partial charge >= 0.3 is 6.18 Å². The maximum atomic E-state index is 12.5. The fraction of sp³-hybridized carbons (Fsp3) is 0.545. The molecule has 0 saturated heterocycles. The zero-order valence-electron chi connectivity index (χ0n) is 8.84. The van der Waals surface area contributed by atoms with E-state index in [0.717, 1.165) is 19.0 Å². The average Bonchev–Trinajstić information content (AvgIpc) is 3.00. The van der Waals surface area contributed by atoms with Crippen LogP contribution in [0.1, 0.15) is 31.0 Å². The topological polar surface area (TPSA) is 22.1 Å². The lowest BCUT2D eigenvalue weighted by Crippen LogP contribution is -2.12. The fourth-order valence-corrected chi connectivity index (χ4v) is 1.46. The van der Waals surface area contributed by atoms with E-state index in [1.165, 1.54) is 6.07 Å². The van der Waals surface area contributed by atoms with Crippen molar-refractivity contribution in [1.82, 2.24) is 4.98 Å². The van der Waals surface area contributed by atoms with Gasteiger partial charge in [0.15, 0.2) is 0 Å². The standard InChI is InChI=1S/C11H12F3NO/c1-2-7-5-9(16-8-3-4-8)6-15-10(7)11(12,13)14/h5-6,8H,2-4H2,1H3. The Hall–Kier alpha value is -1.26. The molecule has 5 heteroatoms. The van der Waals surface area contributed by atoms with Gasteiger partial charge in [0.1, 0.15) is 11.4 Å². The largest absolute Gasteiger partial charge is 0.489 e. The van der Waals surface area contributed by atoms with Crippen LogP contribution in [0, 0.1) is 0 Å². The minimum atomic E-state index is -4.39. The second-order valence-electron chi connectivity index (χ2n) is 3.85. The molecule has 0 spiro atoms. The van der Waals surface area contributed by atoms with Gasteiger partial charge in [0.05, 0.1) is 12.3 Å². The zero-order chi connectivity index (χ0) is 11.8. The molecule has 0 radical (unpaired) electrons. The Morgan fingerprint density at radius 1 is 1.44 bits per heavy atom. The predicted molar refractivity (Wildman–Crippen MR) is 52.3 cm³/mol. The average molecular weight is 231 g/mol. The van der Waals surface area contributed by atoms with Crippen LogP contribution in [0.4, 0.5) is 13.2 Å². The Labute approximate surface area is 91.4 Å². The molecule has 1 heterocycles. The number of halogens is 3. The van der Waals surface area contributed by atoms with Gasteiger partial charge in [0, 0.05) is 0 Å². The molecule has 0 unspecified atom stereocenters. The number of rotatable bonds is 3. The summed E-state index contributed by atoms with van der Waals surface area (Å²) in [6, 6.07) is 1.44. The van der Waals surface area contributed by atoms with E-state index in [1.54, 1.807) is 6.92 Å². The van der Waals surface area contributed by atoms with Crippen molar-refractivity contribution in [1.29, 1.82) is 0 Å². The second kappa shape index (κ2) is 3.96. The van der Waals surface area contributed by atoms with E-state index in [2.05, 4.69) is 4.98 Å². The Balaban J connectivity index is 2.26. The van der Waals surface area contributed by atoms with E-state index in [-0.39, 0.29) is 11.7 Å². The summed E-state index contributed by atoms with van der Waals surface area (Å²) in [6.07, 6.45) is -0.818. The number of nitrogens with zero attached hydrogens (tertiary/aromatic N) is 1. The summed E-state index contributed by atoms with van der Waals surface area (Å²) < 4.78 is 43.0. The van der Waals surface area contributed by atoms with Gasteiger partial charge in [-0.25, -0.2) is 4.98 Å². The molecule has 1 saturated carbocycles. The maximum Gasteiger partial charge on any atom is 0.433 e. The van der Waals surface area contributed by atoms with Crippen LogP contribution >= 0.6 is 0 Å². The number of hydrogen-bond donors (Lipinski definition) is 0. The maximum absolute atomic E-state index is 12.5. The van der Waals surface area contributed by atoms with Crippen molar-refractivity contribution in [2.24, 2.45) is 0 Å². The third-order valence-corrected chi connectivity index (χ3v) is 2.42. The third kappa shape index (κ3) is 2.46. The first kappa shape index (κ1) is 11.2. The lowest BCUT2D eigenvalue weighted by Gasteiger charge is -2.12. The molecular weight excluding hydrogens is 219 g/mol. The van der Waals surface area contributed by atoms with E-state index in [4.69, 9.17) is 4.74 Å². The van der Waals surface area contributed by atoms with E-state index >= 15 is 0 Å². The molecule has 0 aliphatic heterocycles. The van der Waals surface area contributed by atoms with Gasteiger partial charge in [0.2, 0.25) is 0 Å². The summed E-state index contributed by atoms with van der Waals surface area (Å²) in [5.74, 6) is 0.437. The van der Waals surface area contributed by atoms with E-state index in [9.17, 15) is 13.2 Å². The van der Waals surface area contributed by atoms with Crippen molar-refractivity contribution >= 4 is 0 Å². The fourth-order valence-electron chi connectivity index (χ4n) is 1.46. The summed E-state index contributed by atoms with van der Waals surface area (Å²) in [7, 11) is 0. The highest BCUT2D eigenvalue weighted by molar-refractivity contribution is 5.31. The molecule has 1 aliphatic rings. The molecular formula is C11H12F3NO.